The van der Waals surface area contributed by atoms with Gasteiger partial charge in [-0.1, -0.05) is 26.0 Å². The van der Waals surface area contributed by atoms with Gasteiger partial charge in [-0.15, -0.1) is 0 Å². The Morgan fingerprint density at radius 2 is 1.86 bits per heavy atom. The van der Waals surface area contributed by atoms with E-state index in [0.717, 1.165) is 0 Å². The van der Waals surface area contributed by atoms with Crippen LogP contribution in [-0.4, -0.2) is 43.0 Å². The molecule has 0 bridgehead atoms. The highest BCUT2D eigenvalue weighted by atomic mass is 19.1. The molecule has 5 heteroatoms. The number of para-hydroxylation sites is 1. The molecule has 116 valence electrons. The molecule has 4 nitrogen and oxygen atoms in total. The van der Waals surface area contributed by atoms with Crippen LogP contribution < -0.4 is 10.6 Å². The number of anilines is 1. The fourth-order valence-electron chi connectivity index (χ4n) is 2.72. The minimum atomic E-state index is -0.426. The van der Waals surface area contributed by atoms with Crippen LogP contribution in [0.3, 0.4) is 0 Å². The Morgan fingerprint density at radius 3 is 2.43 bits per heavy atom. The minimum absolute atomic E-state index is 0.0110. The first-order chi connectivity index (χ1) is 9.99. The van der Waals surface area contributed by atoms with Crippen molar-refractivity contribution in [2.75, 3.05) is 31.1 Å². The average molecular weight is 293 g/mol. The zero-order valence-corrected chi connectivity index (χ0v) is 12.8. The normalized spacial score (nSPS) is 17.2. The third kappa shape index (κ3) is 3.94. The Balaban J connectivity index is 1.91. The van der Waals surface area contributed by atoms with Gasteiger partial charge in [-0.25, -0.2) is 4.39 Å². The summed E-state index contributed by atoms with van der Waals surface area (Å²) in [6.45, 7) is 6.59. The molecule has 1 heterocycles. The smallest absolute Gasteiger partial charge is 0.239 e. The summed E-state index contributed by atoms with van der Waals surface area (Å²) in [5, 5.41) is 0. The van der Waals surface area contributed by atoms with Gasteiger partial charge in [-0.05, 0) is 24.5 Å². The topological polar surface area (TPSA) is 49.6 Å². The Bertz CT molecular complexity index is 484. The van der Waals surface area contributed by atoms with Crippen LogP contribution in [0.4, 0.5) is 10.1 Å². The molecule has 1 unspecified atom stereocenters. The SMILES string of the molecule is CC(C)CC(N)C(=O)N1CCN(c2ccccc2F)CC1. The van der Waals surface area contributed by atoms with E-state index in [0.29, 0.717) is 44.2 Å². The van der Waals surface area contributed by atoms with E-state index in [1.165, 1.54) is 6.07 Å². The first-order valence-electron chi connectivity index (χ1n) is 7.53. The van der Waals surface area contributed by atoms with Crippen LogP contribution in [-0.2, 0) is 4.79 Å². The molecular formula is C16H24FN3O. The number of hydrogen-bond acceptors (Lipinski definition) is 3. The number of carbonyl (C=O) groups is 1. The fourth-order valence-corrected chi connectivity index (χ4v) is 2.72. The predicted molar refractivity (Wildman–Crippen MR) is 82.6 cm³/mol. The minimum Gasteiger partial charge on any atom is -0.366 e. The summed E-state index contributed by atoms with van der Waals surface area (Å²) in [5.74, 6) is 0.203. The molecule has 1 atom stereocenters. The van der Waals surface area contributed by atoms with Gasteiger partial charge in [-0.3, -0.25) is 4.79 Å². The van der Waals surface area contributed by atoms with Gasteiger partial charge in [0.05, 0.1) is 11.7 Å². The lowest BCUT2D eigenvalue weighted by Gasteiger charge is -2.37. The zero-order chi connectivity index (χ0) is 15.4. The van der Waals surface area contributed by atoms with Crippen molar-refractivity contribution in [2.24, 2.45) is 11.7 Å². The Labute approximate surface area is 125 Å². The molecule has 1 amide bonds. The van der Waals surface area contributed by atoms with E-state index in [1.54, 1.807) is 17.0 Å². The molecule has 0 aliphatic carbocycles. The summed E-state index contributed by atoms with van der Waals surface area (Å²) in [6, 6.07) is 6.32. The second-order valence-electron chi connectivity index (χ2n) is 6.00. The monoisotopic (exact) mass is 293 g/mol. The number of nitrogens with zero attached hydrogens (tertiary/aromatic N) is 2. The number of carbonyl (C=O) groups excluding carboxylic acids is 1. The molecule has 0 radical (unpaired) electrons. The summed E-state index contributed by atoms with van der Waals surface area (Å²) in [4.78, 5) is 16.0. The van der Waals surface area contributed by atoms with E-state index in [9.17, 15) is 9.18 Å². The predicted octanol–water partition coefficient (Wildman–Crippen LogP) is 1.85. The number of benzene rings is 1. The van der Waals surface area contributed by atoms with Crippen LogP contribution in [0.1, 0.15) is 20.3 Å². The molecule has 1 saturated heterocycles. The lowest BCUT2D eigenvalue weighted by molar-refractivity contribution is -0.133. The van der Waals surface area contributed by atoms with Gasteiger partial charge in [0.2, 0.25) is 5.91 Å². The summed E-state index contributed by atoms with van der Waals surface area (Å²) in [5.41, 5.74) is 6.56. The fraction of sp³-hybridized carbons (Fsp3) is 0.562. The van der Waals surface area contributed by atoms with Crippen LogP contribution >= 0.6 is 0 Å². The summed E-state index contributed by atoms with van der Waals surface area (Å²) >= 11 is 0. The van der Waals surface area contributed by atoms with Crippen LogP contribution in [0.5, 0.6) is 0 Å². The highest BCUT2D eigenvalue weighted by molar-refractivity contribution is 5.82. The molecular weight excluding hydrogens is 269 g/mol. The van der Waals surface area contributed by atoms with Gasteiger partial charge in [-0.2, -0.15) is 0 Å². The number of halogens is 1. The van der Waals surface area contributed by atoms with E-state index in [2.05, 4.69) is 13.8 Å². The van der Waals surface area contributed by atoms with Crippen molar-refractivity contribution in [3.8, 4) is 0 Å². The number of piperazine rings is 1. The number of rotatable bonds is 4. The van der Waals surface area contributed by atoms with Crippen molar-refractivity contribution in [1.29, 1.82) is 0 Å². The first-order valence-corrected chi connectivity index (χ1v) is 7.53. The van der Waals surface area contributed by atoms with E-state index in [1.807, 2.05) is 11.0 Å². The molecule has 2 rings (SSSR count). The molecule has 1 aromatic rings. The van der Waals surface area contributed by atoms with Crippen molar-refractivity contribution < 1.29 is 9.18 Å². The van der Waals surface area contributed by atoms with Gasteiger partial charge < -0.3 is 15.5 Å². The second kappa shape index (κ2) is 6.89. The van der Waals surface area contributed by atoms with Crippen molar-refractivity contribution in [2.45, 2.75) is 26.3 Å². The summed E-state index contributed by atoms with van der Waals surface area (Å²) in [6.07, 6.45) is 0.701. The highest BCUT2D eigenvalue weighted by Crippen LogP contribution is 2.20. The maximum atomic E-state index is 13.8. The Kier molecular flexibility index (Phi) is 5.17. The van der Waals surface area contributed by atoms with Crippen LogP contribution in [0.2, 0.25) is 0 Å². The van der Waals surface area contributed by atoms with Gasteiger partial charge in [0.25, 0.3) is 0 Å². The Hall–Kier alpha value is -1.62. The highest BCUT2D eigenvalue weighted by Gasteiger charge is 2.26. The summed E-state index contributed by atoms with van der Waals surface area (Å²) in [7, 11) is 0. The molecule has 1 aliphatic rings. The lowest BCUT2D eigenvalue weighted by atomic mass is 10.0. The van der Waals surface area contributed by atoms with E-state index in [4.69, 9.17) is 5.73 Å². The molecule has 1 aromatic carbocycles. The molecule has 21 heavy (non-hydrogen) atoms. The number of nitrogens with two attached hydrogens (primary N) is 1. The standard InChI is InChI=1S/C16H24FN3O/c1-12(2)11-14(18)16(21)20-9-7-19(8-10-20)15-6-4-3-5-13(15)17/h3-6,12,14H,7-11,18H2,1-2H3. The maximum Gasteiger partial charge on any atom is 0.239 e. The van der Waals surface area contributed by atoms with E-state index < -0.39 is 6.04 Å². The molecule has 0 aromatic heterocycles. The number of hydrogen-bond donors (Lipinski definition) is 1. The lowest BCUT2D eigenvalue weighted by Crippen LogP contribution is -2.53. The third-order valence-electron chi connectivity index (χ3n) is 3.83. The number of amides is 1. The largest absolute Gasteiger partial charge is 0.366 e. The molecule has 1 fully saturated rings. The zero-order valence-electron chi connectivity index (χ0n) is 12.8. The molecule has 2 N–H and O–H groups in total. The van der Waals surface area contributed by atoms with Gasteiger partial charge in [0, 0.05) is 26.2 Å². The van der Waals surface area contributed by atoms with Crippen molar-refractivity contribution in [1.82, 2.24) is 4.90 Å². The van der Waals surface area contributed by atoms with Gasteiger partial charge >= 0.3 is 0 Å². The quantitative estimate of drug-likeness (QED) is 0.921. The van der Waals surface area contributed by atoms with Crippen LogP contribution in [0.25, 0.3) is 0 Å². The van der Waals surface area contributed by atoms with E-state index >= 15 is 0 Å². The first kappa shape index (κ1) is 15.8. The van der Waals surface area contributed by atoms with Crippen molar-refractivity contribution in [3.63, 3.8) is 0 Å². The van der Waals surface area contributed by atoms with Crippen molar-refractivity contribution >= 4 is 11.6 Å². The van der Waals surface area contributed by atoms with Crippen molar-refractivity contribution in [3.05, 3.63) is 30.1 Å². The van der Waals surface area contributed by atoms with Crippen LogP contribution in [0, 0.1) is 11.7 Å². The van der Waals surface area contributed by atoms with Crippen LogP contribution in [0.15, 0.2) is 24.3 Å². The molecule has 1 aliphatic heterocycles. The average Bonchev–Trinajstić information content (AvgIpc) is 2.46. The molecule has 0 saturated carbocycles. The van der Waals surface area contributed by atoms with Gasteiger partial charge in [0.1, 0.15) is 5.82 Å². The summed E-state index contributed by atoms with van der Waals surface area (Å²) < 4.78 is 13.8. The Morgan fingerprint density at radius 1 is 1.24 bits per heavy atom. The van der Waals surface area contributed by atoms with Gasteiger partial charge in [0.15, 0.2) is 0 Å². The third-order valence-corrected chi connectivity index (χ3v) is 3.83. The molecule has 0 spiro atoms. The maximum absolute atomic E-state index is 13.8. The second-order valence-corrected chi connectivity index (χ2v) is 6.00. The van der Waals surface area contributed by atoms with E-state index in [-0.39, 0.29) is 11.7 Å².